The van der Waals surface area contributed by atoms with Crippen molar-refractivity contribution in [2.75, 3.05) is 37.8 Å². The van der Waals surface area contributed by atoms with Crippen LogP contribution in [-0.4, -0.2) is 53.2 Å². The van der Waals surface area contributed by atoms with Crippen molar-refractivity contribution in [3.8, 4) is 0 Å². The van der Waals surface area contributed by atoms with Gasteiger partial charge in [-0.05, 0) is 42.7 Å². The summed E-state index contributed by atoms with van der Waals surface area (Å²) in [6.07, 6.45) is 2.02. The van der Waals surface area contributed by atoms with Gasteiger partial charge in [0.2, 0.25) is 5.89 Å². The second-order valence-corrected chi connectivity index (χ2v) is 7.96. The number of urea groups is 1. The zero-order chi connectivity index (χ0) is 19.5. The number of aromatic nitrogens is 1. The maximum absolute atomic E-state index is 12.5. The summed E-state index contributed by atoms with van der Waals surface area (Å²) in [5.41, 5.74) is 2.34. The van der Waals surface area contributed by atoms with Crippen LogP contribution in [0.15, 0.2) is 51.8 Å². The van der Waals surface area contributed by atoms with E-state index in [4.69, 9.17) is 16.0 Å². The van der Waals surface area contributed by atoms with Crippen LogP contribution in [0.5, 0.6) is 0 Å². The van der Waals surface area contributed by atoms with E-state index in [0.717, 1.165) is 34.8 Å². The summed E-state index contributed by atoms with van der Waals surface area (Å²) >= 11 is 7.66. The highest BCUT2D eigenvalue weighted by Crippen LogP contribution is 2.22. The molecular formula is C20H21ClN4O2S. The number of amides is 2. The first-order valence-electron chi connectivity index (χ1n) is 9.08. The lowest BCUT2D eigenvalue weighted by Gasteiger charge is -2.34. The van der Waals surface area contributed by atoms with Crippen molar-refractivity contribution in [3.05, 3.63) is 53.4 Å². The quantitative estimate of drug-likeness (QED) is 0.632. The van der Waals surface area contributed by atoms with Crippen LogP contribution < -0.4 is 5.32 Å². The number of thioether (sulfide) groups is 1. The van der Waals surface area contributed by atoms with Crippen molar-refractivity contribution in [1.82, 2.24) is 14.8 Å². The molecule has 8 heteroatoms. The zero-order valence-electron chi connectivity index (χ0n) is 15.5. The van der Waals surface area contributed by atoms with Crippen LogP contribution in [0, 0.1) is 0 Å². The van der Waals surface area contributed by atoms with E-state index in [9.17, 15) is 4.79 Å². The Bertz CT molecular complexity index is 985. The predicted molar refractivity (Wildman–Crippen MR) is 113 cm³/mol. The fourth-order valence-electron chi connectivity index (χ4n) is 3.22. The lowest BCUT2D eigenvalue weighted by molar-refractivity contribution is 0.136. The predicted octanol–water partition coefficient (Wildman–Crippen LogP) is 4.55. The number of benzene rings is 2. The van der Waals surface area contributed by atoms with Gasteiger partial charge in [0.05, 0.1) is 6.54 Å². The van der Waals surface area contributed by atoms with Gasteiger partial charge in [0, 0.05) is 41.8 Å². The molecule has 146 valence electrons. The van der Waals surface area contributed by atoms with Crippen molar-refractivity contribution < 1.29 is 9.21 Å². The second-order valence-electron chi connectivity index (χ2n) is 6.64. The molecule has 1 N–H and O–H groups in total. The maximum atomic E-state index is 12.5. The number of anilines is 1. The molecule has 28 heavy (non-hydrogen) atoms. The number of hydrogen-bond acceptors (Lipinski definition) is 5. The summed E-state index contributed by atoms with van der Waals surface area (Å²) in [5, 5.41) is 3.63. The van der Waals surface area contributed by atoms with Crippen LogP contribution in [-0.2, 0) is 6.54 Å². The summed E-state index contributed by atoms with van der Waals surface area (Å²) in [6, 6.07) is 13.2. The normalized spacial score (nSPS) is 15.1. The Hall–Kier alpha value is -2.22. The molecule has 1 aromatic heterocycles. The fraction of sp³-hybridized carbons (Fsp3) is 0.300. The summed E-state index contributed by atoms with van der Waals surface area (Å²) in [6.45, 7) is 3.51. The molecule has 2 amide bonds. The number of nitrogens with zero attached hydrogens (tertiary/aromatic N) is 3. The van der Waals surface area contributed by atoms with Crippen molar-refractivity contribution >= 4 is 46.2 Å². The van der Waals surface area contributed by atoms with Gasteiger partial charge in [-0.2, -0.15) is 0 Å². The Morgan fingerprint density at radius 3 is 2.82 bits per heavy atom. The Kier molecular flexibility index (Phi) is 5.75. The van der Waals surface area contributed by atoms with E-state index in [1.54, 1.807) is 23.9 Å². The van der Waals surface area contributed by atoms with E-state index >= 15 is 0 Å². The van der Waals surface area contributed by atoms with Crippen LogP contribution in [0.2, 0.25) is 5.02 Å². The van der Waals surface area contributed by atoms with Crippen molar-refractivity contribution in [1.29, 1.82) is 0 Å². The minimum atomic E-state index is -0.0607. The molecule has 6 nitrogen and oxygen atoms in total. The number of piperazine rings is 1. The lowest BCUT2D eigenvalue weighted by atomic mass is 10.3. The summed E-state index contributed by atoms with van der Waals surface area (Å²) in [4.78, 5) is 22.2. The standard InChI is InChI=1S/C20H21ClN4O2S/c1-28-16-4-2-3-15(12-16)22-20(26)25-9-7-24(8-10-25)13-19-23-17-11-14(21)5-6-18(17)27-19/h2-6,11-12H,7-10,13H2,1H3,(H,22,26). The molecule has 0 radical (unpaired) electrons. The monoisotopic (exact) mass is 416 g/mol. The Morgan fingerprint density at radius 2 is 2.04 bits per heavy atom. The highest BCUT2D eigenvalue weighted by atomic mass is 35.5. The van der Waals surface area contributed by atoms with E-state index in [1.807, 2.05) is 41.5 Å². The Balaban J connectivity index is 1.31. The Labute approximate surface area is 172 Å². The third kappa shape index (κ3) is 4.43. The third-order valence-electron chi connectivity index (χ3n) is 4.73. The van der Waals surface area contributed by atoms with Gasteiger partial charge in [-0.3, -0.25) is 4.90 Å². The number of oxazole rings is 1. The first-order chi connectivity index (χ1) is 13.6. The Morgan fingerprint density at radius 1 is 1.21 bits per heavy atom. The largest absolute Gasteiger partial charge is 0.439 e. The van der Waals surface area contributed by atoms with E-state index in [1.165, 1.54) is 0 Å². The molecule has 1 saturated heterocycles. The van der Waals surface area contributed by atoms with E-state index in [0.29, 0.717) is 30.5 Å². The molecule has 0 bridgehead atoms. The molecule has 1 fully saturated rings. The summed E-state index contributed by atoms with van der Waals surface area (Å²) in [5.74, 6) is 0.670. The van der Waals surface area contributed by atoms with Gasteiger partial charge >= 0.3 is 6.03 Å². The van der Waals surface area contributed by atoms with Crippen molar-refractivity contribution in [2.24, 2.45) is 0 Å². The molecule has 0 unspecified atom stereocenters. The number of halogens is 1. The first-order valence-corrected chi connectivity index (χ1v) is 10.7. The minimum Gasteiger partial charge on any atom is -0.439 e. The molecule has 1 aliphatic rings. The molecule has 0 spiro atoms. The number of carbonyl (C=O) groups is 1. The molecule has 1 aliphatic heterocycles. The number of hydrogen-bond donors (Lipinski definition) is 1. The van der Waals surface area contributed by atoms with E-state index < -0.39 is 0 Å². The van der Waals surface area contributed by atoms with E-state index in [-0.39, 0.29) is 6.03 Å². The van der Waals surface area contributed by atoms with Gasteiger partial charge in [-0.15, -0.1) is 11.8 Å². The fourth-order valence-corrected chi connectivity index (χ4v) is 3.85. The van der Waals surface area contributed by atoms with Gasteiger partial charge in [-0.1, -0.05) is 17.7 Å². The average Bonchev–Trinajstić information content (AvgIpc) is 3.10. The smallest absolute Gasteiger partial charge is 0.321 e. The van der Waals surface area contributed by atoms with Gasteiger partial charge in [0.15, 0.2) is 5.58 Å². The van der Waals surface area contributed by atoms with E-state index in [2.05, 4.69) is 15.2 Å². The molecule has 3 aromatic rings. The summed E-state index contributed by atoms with van der Waals surface area (Å²) < 4.78 is 5.79. The van der Waals surface area contributed by atoms with Gasteiger partial charge in [-0.25, -0.2) is 9.78 Å². The first kappa shape index (κ1) is 19.1. The van der Waals surface area contributed by atoms with Crippen LogP contribution in [0.25, 0.3) is 11.1 Å². The van der Waals surface area contributed by atoms with Gasteiger partial charge < -0.3 is 14.6 Å². The minimum absolute atomic E-state index is 0.0607. The third-order valence-corrected chi connectivity index (χ3v) is 5.69. The van der Waals surface area contributed by atoms with Crippen molar-refractivity contribution in [2.45, 2.75) is 11.4 Å². The van der Waals surface area contributed by atoms with Crippen LogP contribution in [0.3, 0.4) is 0 Å². The molecule has 0 atom stereocenters. The number of carbonyl (C=O) groups excluding carboxylic acids is 1. The average molecular weight is 417 g/mol. The highest BCUT2D eigenvalue weighted by molar-refractivity contribution is 7.98. The topological polar surface area (TPSA) is 61.6 Å². The molecule has 4 rings (SSSR count). The van der Waals surface area contributed by atoms with Crippen LogP contribution in [0.1, 0.15) is 5.89 Å². The van der Waals surface area contributed by atoms with Gasteiger partial charge in [0.1, 0.15) is 5.52 Å². The van der Waals surface area contributed by atoms with Crippen LogP contribution in [0.4, 0.5) is 10.5 Å². The highest BCUT2D eigenvalue weighted by Gasteiger charge is 2.22. The zero-order valence-corrected chi connectivity index (χ0v) is 17.1. The second kappa shape index (κ2) is 8.43. The summed E-state index contributed by atoms with van der Waals surface area (Å²) in [7, 11) is 0. The van der Waals surface area contributed by atoms with Crippen LogP contribution >= 0.6 is 23.4 Å². The molecule has 2 aromatic carbocycles. The number of fused-ring (bicyclic) bond motifs is 1. The van der Waals surface area contributed by atoms with Gasteiger partial charge in [0.25, 0.3) is 0 Å². The molecule has 0 aliphatic carbocycles. The number of nitrogens with one attached hydrogen (secondary N) is 1. The SMILES string of the molecule is CSc1cccc(NC(=O)N2CCN(Cc3nc4cc(Cl)ccc4o3)CC2)c1. The number of rotatable bonds is 4. The molecule has 0 saturated carbocycles. The lowest BCUT2D eigenvalue weighted by Crippen LogP contribution is -2.49. The molecule has 2 heterocycles. The van der Waals surface area contributed by atoms with Crippen molar-refractivity contribution in [3.63, 3.8) is 0 Å². The molecular weight excluding hydrogens is 396 g/mol. The maximum Gasteiger partial charge on any atom is 0.321 e.